The highest BCUT2D eigenvalue weighted by molar-refractivity contribution is 7.21. The molecule has 7 heteroatoms. The van der Waals surface area contributed by atoms with Crippen LogP contribution < -0.4 is 5.32 Å². The first-order valence-corrected chi connectivity index (χ1v) is 5.11. The predicted molar refractivity (Wildman–Crippen MR) is 55.9 cm³/mol. The number of anilines is 1. The Morgan fingerprint density at radius 1 is 1.67 bits per heavy atom. The predicted octanol–water partition coefficient (Wildman–Crippen LogP) is 1.65. The van der Waals surface area contributed by atoms with Crippen LogP contribution in [0.5, 0.6) is 0 Å². The maximum absolute atomic E-state index is 11.1. The van der Waals surface area contributed by atoms with Crippen molar-refractivity contribution >= 4 is 32.9 Å². The average molecular weight is 224 g/mol. The van der Waals surface area contributed by atoms with Crippen LogP contribution in [0, 0.1) is 0 Å². The Morgan fingerprint density at radius 2 is 2.53 bits per heavy atom. The van der Waals surface area contributed by atoms with E-state index in [1.54, 1.807) is 13.1 Å². The quantitative estimate of drug-likeness (QED) is 0.839. The Kier molecular flexibility index (Phi) is 2.72. The molecule has 2 aromatic heterocycles. The maximum Gasteiger partial charge on any atom is 0.413 e. The van der Waals surface area contributed by atoms with Crippen LogP contribution in [0.2, 0.25) is 0 Å². The number of hydrogen-bond donors (Lipinski definition) is 1. The topological polar surface area (TPSA) is 77.0 Å². The zero-order valence-corrected chi connectivity index (χ0v) is 8.74. The second kappa shape index (κ2) is 4.18. The number of fused-ring (bicyclic) bond motifs is 1. The van der Waals surface area contributed by atoms with Gasteiger partial charge in [-0.15, -0.1) is 0 Å². The van der Waals surface area contributed by atoms with Crippen LogP contribution in [0.3, 0.4) is 0 Å². The highest BCUT2D eigenvalue weighted by Crippen LogP contribution is 2.22. The normalized spacial score (nSPS) is 10.2. The molecule has 2 heterocycles. The molecule has 0 spiro atoms. The van der Waals surface area contributed by atoms with Crippen molar-refractivity contribution in [1.82, 2.24) is 15.0 Å². The Balaban J connectivity index is 2.18. The third kappa shape index (κ3) is 2.18. The van der Waals surface area contributed by atoms with E-state index in [0.29, 0.717) is 17.3 Å². The summed E-state index contributed by atoms with van der Waals surface area (Å²) in [5.41, 5.74) is 0.661. The molecule has 0 atom stereocenters. The van der Waals surface area contributed by atoms with E-state index in [0.717, 1.165) is 4.83 Å². The number of carbonyl (C=O) groups excluding carboxylic acids is 1. The molecular formula is C8H8N4O2S. The number of thiazole rings is 1. The van der Waals surface area contributed by atoms with Crippen molar-refractivity contribution in [2.75, 3.05) is 11.9 Å². The molecule has 0 saturated heterocycles. The van der Waals surface area contributed by atoms with Crippen molar-refractivity contribution in [2.45, 2.75) is 6.92 Å². The fourth-order valence-corrected chi connectivity index (χ4v) is 1.76. The van der Waals surface area contributed by atoms with Crippen molar-refractivity contribution in [1.29, 1.82) is 0 Å². The van der Waals surface area contributed by atoms with Gasteiger partial charge in [0.25, 0.3) is 0 Å². The van der Waals surface area contributed by atoms with Crippen LogP contribution in [-0.2, 0) is 4.74 Å². The molecule has 2 aromatic rings. The molecule has 0 aliphatic rings. The van der Waals surface area contributed by atoms with Crippen LogP contribution in [0.25, 0.3) is 10.3 Å². The lowest BCUT2D eigenvalue weighted by Gasteiger charge is -1.99. The third-order valence-electron chi connectivity index (χ3n) is 1.56. The first-order valence-electron chi connectivity index (χ1n) is 4.30. The smallest absolute Gasteiger partial charge is 0.413 e. The van der Waals surface area contributed by atoms with Gasteiger partial charge >= 0.3 is 6.09 Å². The lowest BCUT2D eigenvalue weighted by atomic mass is 10.6. The molecule has 0 radical (unpaired) electrons. The molecule has 0 fully saturated rings. The van der Waals surface area contributed by atoms with Crippen LogP contribution in [-0.4, -0.2) is 27.7 Å². The second-order valence-electron chi connectivity index (χ2n) is 2.58. The molecule has 0 aliphatic heterocycles. The fraction of sp³-hybridized carbons (Fsp3) is 0.250. The second-order valence-corrected chi connectivity index (χ2v) is 3.56. The van der Waals surface area contributed by atoms with E-state index in [1.807, 2.05) is 0 Å². The number of rotatable bonds is 2. The minimum atomic E-state index is -0.510. The summed E-state index contributed by atoms with van der Waals surface area (Å²) in [5, 5.41) is 2.97. The lowest BCUT2D eigenvalue weighted by Crippen LogP contribution is -2.12. The Hall–Kier alpha value is -1.76. The first-order chi connectivity index (χ1) is 7.29. The van der Waals surface area contributed by atoms with E-state index in [9.17, 15) is 4.79 Å². The average Bonchev–Trinajstić information content (AvgIpc) is 2.59. The molecule has 0 bridgehead atoms. The molecule has 0 aliphatic carbocycles. The monoisotopic (exact) mass is 224 g/mol. The van der Waals surface area contributed by atoms with Gasteiger partial charge < -0.3 is 4.74 Å². The summed E-state index contributed by atoms with van der Waals surface area (Å²) >= 11 is 1.28. The number of amides is 1. The SMILES string of the molecule is CCOC(=O)Nc1nc2cncnc2s1. The molecule has 0 aromatic carbocycles. The van der Waals surface area contributed by atoms with Gasteiger partial charge in [-0.05, 0) is 6.92 Å². The number of nitrogens with one attached hydrogen (secondary N) is 1. The zero-order valence-electron chi connectivity index (χ0n) is 7.93. The van der Waals surface area contributed by atoms with Crippen molar-refractivity contribution in [2.24, 2.45) is 0 Å². The lowest BCUT2D eigenvalue weighted by molar-refractivity contribution is 0.168. The van der Waals surface area contributed by atoms with Crippen LogP contribution in [0.4, 0.5) is 9.93 Å². The van der Waals surface area contributed by atoms with E-state index in [4.69, 9.17) is 4.74 Å². The molecule has 0 saturated carbocycles. The van der Waals surface area contributed by atoms with Gasteiger partial charge in [-0.25, -0.2) is 19.7 Å². The highest BCUT2D eigenvalue weighted by Gasteiger charge is 2.08. The Labute approximate surface area is 89.3 Å². The minimum Gasteiger partial charge on any atom is -0.450 e. The van der Waals surface area contributed by atoms with Crippen LogP contribution >= 0.6 is 11.3 Å². The largest absolute Gasteiger partial charge is 0.450 e. The number of aromatic nitrogens is 3. The van der Waals surface area contributed by atoms with Gasteiger partial charge in [0.1, 0.15) is 16.7 Å². The van der Waals surface area contributed by atoms with E-state index in [-0.39, 0.29) is 0 Å². The number of carbonyl (C=O) groups is 1. The van der Waals surface area contributed by atoms with E-state index in [1.165, 1.54) is 17.7 Å². The highest BCUT2D eigenvalue weighted by atomic mass is 32.1. The standard InChI is InChI=1S/C8H8N4O2S/c1-2-14-8(13)12-7-11-5-3-9-4-10-6(5)15-7/h3-4H,2H2,1H3,(H,11,12,13). The van der Waals surface area contributed by atoms with Gasteiger partial charge in [0, 0.05) is 0 Å². The Morgan fingerprint density at radius 3 is 3.27 bits per heavy atom. The Bertz CT molecular complexity index is 451. The van der Waals surface area contributed by atoms with Gasteiger partial charge in [-0.3, -0.25) is 5.32 Å². The molecule has 6 nitrogen and oxygen atoms in total. The van der Waals surface area contributed by atoms with Gasteiger partial charge in [0.15, 0.2) is 5.13 Å². The van der Waals surface area contributed by atoms with E-state index >= 15 is 0 Å². The summed E-state index contributed by atoms with van der Waals surface area (Å²) in [7, 11) is 0. The van der Waals surface area contributed by atoms with Gasteiger partial charge in [-0.2, -0.15) is 0 Å². The molecule has 15 heavy (non-hydrogen) atoms. The van der Waals surface area contributed by atoms with Gasteiger partial charge in [0.05, 0.1) is 12.8 Å². The molecule has 2 rings (SSSR count). The summed E-state index contributed by atoms with van der Waals surface area (Å²) in [5.74, 6) is 0. The summed E-state index contributed by atoms with van der Waals surface area (Å²) in [4.78, 5) is 23.8. The number of ether oxygens (including phenoxy) is 1. The maximum atomic E-state index is 11.1. The summed E-state index contributed by atoms with van der Waals surface area (Å²) in [6.45, 7) is 2.07. The molecule has 0 unspecified atom stereocenters. The van der Waals surface area contributed by atoms with Crippen molar-refractivity contribution < 1.29 is 9.53 Å². The minimum absolute atomic E-state index is 0.330. The fourth-order valence-electron chi connectivity index (χ4n) is 0.998. The molecular weight excluding hydrogens is 216 g/mol. The third-order valence-corrected chi connectivity index (χ3v) is 2.45. The summed E-state index contributed by atoms with van der Waals surface area (Å²) < 4.78 is 4.72. The van der Waals surface area contributed by atoms with Gasteiger partial charge in [-0.1, -0.05) is 11.3 Å². The first kappa shape index (κ1) is 9.78. The van der Waals surface area contributed by atoms with E-state index < -0.39 is 6.09 Å². The molecule has 1 amide bonds. The summed E-state index contributed by atoms with van der Waals surface area (Å²) in [6, 6.07) is 0. The van der Waals surface area contributed by atoms with Crippen molar-refractivity contribution in [3.8, 4) is 0 Å². The van der Waals surface area contributed by atoms with Crippen molar-refractivity contribution in [3.63, 3.8) is 0 Å². The van der Waals surface area contributed by atoms with Gasteiger partial charge in [0.2, 0.25) is 0 Å². The number of hydrogen-bond acceptors (Lipinski definition) is 6. The molecule has 78 valence electrons. The van der Waals surface area contributed by atoms with Crippen LogP contribution in [0.1, 0.15) is 6.92 Å². The summed E-state index contributed by atoms with van der Waals surface area (Å²) in [6.07, 6.45) is 2.52. The number of nitrogens with zero attached hydrogens (tertiary/aromatic N) is 3. The van der Waals surface area contributed by atoms with E-state index in [2.05, 4.69) is 20.3 Å². The zero-order chi connectivity index (χ0) is 10.7. The molecule has 1 N–H and O–H groups in total. The van der Waals surface area contributed by atoms with Crippen molar-refractivity contribution in [3.05, 3.63) is 12.5 Å². The van der Waals surface area contributed by atoms with Crippen LogP contribution in [0.15, 0.2) is 12.5 Å².